The van der Waals surface area contributed by atoms with Gasteiger partial charge in [0.2, 0.25) is 5.82 Å². The average molecular weight is 267 g/mol. The zero-order valence-corrected chi connectivity index (χ0v) is 11.2. The largest absolute Gasteiger partial charge is 0.478 e. The maximum atomic E-state index is 11.0. The summed E-state index contributed by atoms with van der Waals surface area (Å²) in [5.41, 5.74) is -0.473. The Kier molecular flexibility index (Phi) is 4.80. The number of anilines is 1. The molecule has 0 atom stereocenters. The summed E-state index contributed by atoms with van der Waals surface area (Å²) in [6.45, 7) is 4.74. The number of carboxylic acids is 1. The van der Waals surface area contributed by atoms with Gasteiger partial charge in [-0.3, -0.25) is 10.1 Å². The van der Waals surface area contributed by atoms with Gasteiger partial charge in [0.1, 0.15) is 0 Å². The summed E-state index contributed by atoms with van der Waals surface area (Å²) in [6, 6.07) is 1.04. The van der Waals surface area contributed by atoms with Gasteiger partial charge >= 0.3 is 11.7 Å². The highest BCUT2D eigenvalue weighted by Gasteiger charge is 2.21. The molecule has 0 saturated carbocycles. The maximum Gasteiger partial charge on any atom is 0.337 e. The first-order valence-corrected chi connectivity index (χ1v) is 5.91. The van der Waals surface area contributed by atoms with E-state index in [1.54, 1.807) is 11.9 Å². The first-order valence-electron chi connectivity index (χ1n) is 5.91. The molecule has 1 rings (SSSR count). The minimum Gasteiger partial charge on any atom is -0.478 e. The fourth-order valence-corrected chi connectivity index (χ4v) is 1.55. The topological polar surface area (TPSA) is 96.6 Å². The molecule has 7 nitrogen and oxygen atoms in total. The van der Waals surface area contributed by atoms with E-state index in [0.717, 1.165) is 18.7 Å². The number of carbonyl (C=O) groups is 1. The van der Waals surface area contributed by atoms with Crippen LogP contribution in [0.25, 0.3) is 0 Å². The van der Waals surface area contributed by atoms with E-state index in [-0.39, 0.29) is 17.1 Å². The molecule has 1 heterocycles. The van der Waals surface area contributed by atoms with E-state index < -0.39 is 10.9 Å². The number of pyridine rings is 1. The number of nitrogens with zero attached hydrogens (tertiary/aromatic N) is 3. The average Bonchev–Trinajstić information content (AvgIpc) is 2.34. The molecule has 0 amide bonds. The van der Waals surface area contributed by atoms with Crippen LogP contribution in [-0.4, -0.2) is 34.6 Å². The van der Waals surface area contributed by atoms with Gasteiger partial charge in [0, 0.05) is 25.9 Å². The van der Waals surface area contributed by atoms with E-state index in [9.17, 15) is 14.9 Å². The molecule has 0 spiro atoms. The summed E-state index contributed by atoms with van der Waals surface area (Å²) in [5, 5.41) is 19.8. The summed E-state index contributed by atoms with van der Waals surface area (Å²) in [4.78, 5) is 26.7. The molecule has 1 aromatic heterocycles. The number of hydrogen-bond donors (Lipinski definition) is 1. The Labute approximate surface area is 111 Å². The predicted molar refractivity (Wildman–Crippen MR) is 70.6 cm³/mol. The minimum absolute atomic E-state index is 0.187. The first-order chi connectivity index (χ1) is 8.82. The van der Waals surface area contributed by atoms with Crippen LogP contribution < -0.4 is 4.90 Å². The highest BCUT2D eigenvalue weighted by Crippen LogP contribution is 2.26. The predicted octanol–water partition coefficient (Wildman–Crippen LogP) is 2.17. The summed E-state index contributed by atoms with van der Waals surface area (Å²) in [5.74, 6) is -0.567. The monoisotopic (exact) mass is 267 g/mol. The SMILES string of the molecule is CC(C)CCN(C)c1ncc(C(=O)O)cc1[N+](=O)[O-]. The lowest BCUT2D eigenvalue weighted by molar-refractivity contribution is -0.384. The lowest BCUT2D eigenvalue weighted by atomic mass is 10.1. The normalized spacial score (nSPS) is 10.5. The van der Waals surface area contributed by atoms with Crippen LogP contribution in [0, 0.1) is 16.0 Å². The van der Waals surface area contributed by atoms with Crippen LogP contribution in [-0.2, 0) is 0 Å². The van der Waals surface area contributed by atoms with Gasteiger partial charge in [-0.05, 0) is 12.3 Å². The number of hydrogen-bond acceptors (Lipinski definition) is 5. The van der Waals surface area contributed by atoms with Crippen molar-refractivity contribution in [2.75, 3.05) is 18.5 Å². The number of carboxylic acid groups (broad SMARTS) is 1. The van der Waals surface area contributed by atoms with E-state index in [1.165, 1.54) is 0 Å². The molecule has 19 heavy (non-hydrogen) atoms. The van der Waals surface area contributed by atoms with Crippen molar-refractivity contribution in [1.29, 1.82) is 0 Å². The first kappa shape index (κ1) is 14.9. The van der Waals surface area contributed by atoms with E-state index in [4.69, 9.17) is 5.11 Å². The molecule has 0 aliphatic rings. The Hall–Kier alpha value is -2.18. The minimum atomic E-state index is -1.23. The van der Waals surface area contributed by atoms with Crippen LogP contribution >= 0.6 is 0 Å². The molecule has 0 fully saturated rings. The number of nitro groups is 1. The van der Waals surface area contributed by atoms with Gasteiger partial charge < -0.3 is 10.0 Å². The summed E-state index contributed by atoms with van der Waals surface area (Å²) in [7, 11) is 1.71. The summed E-state index contributed by atoms with van der Waals surface area (Å²) >= 11 is 0. The molecule has 0 saturated heterocycles. The van der Waals surface area contributed by atoms with Crippen LogP contribution in [0.1, 0.15) is 30.6 Å². The third-order valence-corrected chi connectivity index (χ3v) is 2.69. The van der Waals surface area contributed by atoms with Crippen molar-refractivity contribution in [3.8, 4) is 0 Å². The third-order valence-electron chi connectivity index (χ3n) is 2.69. The lowest BCUT2D eigenvalue weighted by Crippen LogP contribution is -2.22. The van der Waals surface area contributed by atoms with Gasteiger partial charge in [-0.1, -0.05) is 13.8 Å². The van der Waals surface area contributed by atoms with Crippen molar-refractivity contribution in [2.24, 2.45) is 5.92 Å². The fraction of sp³-hybridized carbons (Fsp3) is 0.500. The van der Waals surface area contributed by atoms with Gasteiger partial charge in [-0.25, -0.2) is 9.78 Å². The van der Waals surface area contributed by atoms with Crippen molar-refractivity contribution in [3.05, 3.63) is 27.9 Å². The van der Waals surface area contributed by atoms with Gasteiger partial charge in [-0.15, -0.1) is 0 Å². The second-order valence-electron chi connectivity index (χ2n) is 4.73. The van der Waals surface area contributed by atoms with Crippen LogP contribution in [0.5, 0.6) is 0 Å². The van der Waals surface area contributed by atoms with Gasteiger partial charge in [0.05, 0.1) is 10.5 Å². The smallest absolute Gasteiger partial charge is 0.337 e. The molecule has 1 N–H and O–H groups in total. The molecule has 0 aliphatic carbocycles. The van der Waals surface area contributed by atoms with Crippen LogP contribution in [0.2, 0.25) is 0 Å². The Morgan fingerprint density at radius 1 is 1.58 bits per heavy atom. The quantitative estimate of drug-likeness (QED) is 0.626. The summed E-state index contributed by atoms with van der Waals surface area (Å²) < 4.78 is 0. The van der Waals surface area contributed by atoms with Crippen molar-refractivity contribution in [2.45, 2.75) is 20.3 Å². The molecular weight excluding hydrogens is 250 g/mol. The van der Waals surface area contributed by atoms with E-state index >= 15 is 0 Å². The maximum absolute atomic E-state index is 11.0. The highest BCUT2D eigenvalue weighted by molar-refractivity contribution is 5.88. The zero-order valence-electron chi connectivity index (χ0n) is 11.2. The molecule has 0 radical (unpaired) electrons. The second-order valence-corrected chi connectivity index (χ2v) is 4.73. The third kappa shape index (κ3) is 3.90. The number of aromatic nitrogens is 1. The van der Waals surface area contributed by atoms with Crippen molar-refractivity contribution >= 4 is 17.5 Å². The Balaban J connectivity index is 3.06. The second kappa shape index (κ2) is 6.12. The Morgan fingerprint density at radius 2 is 2.21 bits per heavy atom. The van der Waals surface area contributed by atoms with Crippen LogP contribution in [0.3, 0.4) is 0 Å². The van der Waals surface area contributed by atoms with Gasteiger partial charge in [0.25, 0.3) is 0 Å². The molecule has 0 bridgehead atoms. The molecule has 104 valence electrons. The van der Waals surface area contributed by atoms with E-state index in [0.29, 0.717) is 12.5 Å². The van der Waals surface area contributed by atoms with E-state index in [1.807, 2.05) is 0 Å². The van der Waals surface area contributed by atoms with Gasteiger partial charge in [0.15, 0.2) is 0 Å². The Morgan fingerprint density at radius 3 is 2.68 bits per heavy atom. The van der Waals surface area contributed by atoms with Crippen molar-refractivity contribution in [1.82, 2.24) is 4.98 Å². The van der Waals surface area contributed by atoms with Crippen molar-refractivity contribution in [3.63, 3.8) is 0 Å². The standard InChI is InChI=1S/C12H17N3O4/c1-8(2)4-5-14(3)11-10(15(18)19)6-9(7-13-11)12(16)17/h6-8H,4-5H2,1-3H3,(H,16,17). The van der Waals surface area contributed by atoms with E-state index in [2.05, 4.69) is 18.8 Å². The van der Waals surface area contributed by atoms with Crippen LogP contribution in [0.15, 0.2) is 12.3 Å². The molecule has 7 heteroatoms. The number of rotatable bonds is 6. The van der Waals surface area contributed by atoms with Crippen molar-refractivity contribution < 1.29 is 14.8 Å². The van der Waals surface area contributed by atoms with Crippen LogP contribution in [0.4, 0.5) is 11.5 Å². The Bertz CT molecular complexity index is 488. The molecule has 0 aromatic carbocycles. The van der Waals surface area contributed by atoms with Gasteiger partial charge in [-0.2, -0.15) is 0 Å². The molecule has 1 aromatic rings. The zero-order chi connectivity index (χ0) is 14.6. The molecular formula is C12H17N3O4. The molecule has 0 unspecified atom stereocenters. The number of aromatic carboxylic acids is 1. The fourth-order valence-electron chi connectivity index (χ4n) is 1.55. The summed E-state index contributed by atoms with van der Waals surface area (Å²) in [6.07, 6.45) is 2.01. The highest BCUT2D eigenvalue weighted by atomic mass is 16.6. The molecule has 0 aliphatic heterocycles. The lowest BCUT2D eigenvalue weighted by Gasteiger charge is -2.19.